The zero-order valence-corrected chi connectivity index (χ0v) is 12.8. The van der Waals surface area contributed by atoms with Crippen molar-refractivity contribution >= 4 is 19.7 Å². The Morgan fingerprint density at radius 3 is 2.63 bits per heavy atom. The van der Waals surface area contributed by atoms with Gasteiger partial charge >= 0.3 is 0 Å². The molecule has 0 N–H and O–H groups in total. The first-order chi connectivity index (χ1) is 8.91. The first-order valence-electron chi connectivity index (χ1n) is 6.63. The van der Waals surface area contributed by atoms with Gasteiger partial charge in [-0.2, -0.15) is 0 Å². The molecular formula is C14H19ClO3S. The molecule has 0 radical (unpaired) electrons. The van der Waals surface area contributed by atoms with Gasteiger partial charge in [0.1, 0.15) is 5.75 Å². The van der Waals surface area contributed by atoms with Crippen LogP contribution < -0.4 is 4.74 Å². The molecule has 1 fully saturated rings. The van der Waals surface area contributed by atoms with Crippen molar-refractivity contribution in [1.29, 1.82) is 0 Å². The van der Waals surface area contributed by atoms with Crippen LogP contribution in [0.1, 0.15) is 44.6 Å². The largest absolute Gasteiger partial charge is 0.493 e. The van der Waals surface area contributed by atoms with Crippen LogP contribution in [0.25, 0.3) is 0 Å². The number of benzene rings is 1. The van der Waals surface area contributed by atoms with Gasteiger partial charge in [0.05, 0.1) is 11.5 Å². The van der Waals surface area contributed by atoms with Gasteiger partial charge < -0.3 is 4.74 Å². The van der Waals surface area contributed by atoms with E-state index in [1.807, 2.05) is 0 Å². The van der Waals surface area contributed by atoms with Crippen LogP contribution in [0.15, 0.2) is 23.1 Å². The van der Waals surface area contributed by atoms with Crippen molar-refractivity contribution in [2.75, 3.05) is 6.61 Å². The van der Waals surface area contributed by atoms with Crippen molar-refractivity contribution in [3.05, 3.63) is 23.8 Å². The van der Waals surface area contributed by atoms with E-state index in [-0.39, 0.29) is 10.8 Å². The molecular weight excluding hydrogens is 284 g/mol. The van der Waals surface area contributed by atoms with Gasteiger partial charge in [0, 0.05) is 10.7 Å². The second-order valence-corrected chi connectivity index (χ2v) is 7.77. The number of ether oxygens (including phenoxy) is 1. The molecule has 5 heteroatoms. The average Bonchev–Trinajstić information content (AvgIpc) is 3.18. The number of hydrogen-bond acceptors (Lipinski definition) is 3. The molecule has 0 bridgehead atoms. The average molecular weight is 303 g/mol. The fraction of sp³-hybridized carbons (Fsp3) is 0.571. The van der Waals surface area contributed by atoms with Crippen molar-refractivity contribution in [1.82, 2.24) is 0 Å². The molecule has 1 aliphatic rings. The minimum atomic E-state index is -3.69. The molecule has 2 rings (SSSR count). The first-order valence-corrected chi connectivity index (χ1v) is 8.94. The maximum atomic E-state index is 11.4. The smallest absolute Gasteiger partial charge is 0.261 e. The molecule has 0 aliphatic heterocycles. The van der Waals surface area contributed by atoms with Crippen LogP contribution in [0.2, 0.25) is 0 Å². The second kappa shape index (κ2) is 5.71. The molecule has 3 nitrogen and oxygen atoms in total. The molecule has 0 saturated heterocycles. The zero-order chi connectivity index (χ0) is 14.0. The van der Waals surface area contributed by atoms with E-state index in [1.54, 1.807) is 12.1 Å². The molecule has 0 heterocycles. The predicted octanol–water partition coefficient (Wildman–Crippen LogP) is 3.92. The van der Waals surface area contributed by atoms with E-state index in [4.69, 9.17) is 15.4 Å². The van der Waals surface area contributed by atoms with Gasteiger partial charge in [0.2, 0.25) is 0 Å². The lowest BCUT2D eigenvalue weighted by Gasteiger charge is -2.16. The monoisotopic (exact) mass is 302 g/mol. The van der Waals surface area contributed by atoms with Crippen LogP contribution in [0.4, 0.5) is 0 Å². The maximum Gasteiger partial charge on any atom is 0.261 e. The summed E-state index contributed by atoms with van der Waals surface area (Å²) in [6.45, 7) is 4.84. The van der Waals surface area contributed by atoms with E-state index >= 15 is 0 Å². The minimum absolute atomic E-state index is 0.142. The van der Waals surface area contributed by atoms with Crippen molar-refractivity contribution in [3.8, 4) is 5.75 Å². The summed E-state index contributed by atoms with van der Waals surface area (Å²) in [5.41, 5.74) is 0.921. The van der Waals surface area contributed by atoms with Gasteiger partial charge in [0.25, 0.3) is 9.05 Å². The Hall–Kier alpha value is -0.740. The Bertz CT molecular complexity index is 550. The quantitative estimate of drug-likeness (QED) is 0.748. The van der Waals surface area contributed by atoms with Gasteiger partial charge in [-0.25, -0.2) is 8.42 Å². The van der Waals surface area contributed by atoms with Gasteiger partial charge in [-0.3, -0.25) is 0 Å². The standard InChI is InChI=1S/C14H19ClO3S/c1-3-10(2)13-8-12(19(15,16)17)6-7-14(13)18-9-11-4-5-11/h6-8,10-11H,3-5,9H2,1-2H3. The summed E-state index contributed by atoms with van der Waals surface area (Å²) in [6, 6.07) is 4.87. The fourth-order valence-electron chi connectivity index (χ4n) is 1.91. The Kier molecular flexibility index (Phi) is 4.41. The molecule has 0 aromatic heterocycles. The van der Waals surface area contributed by atoms with E-state index in [2.05, 4.69) is 13.8 Å². The summed E-state index contributed by atoms with van der Waals surface area (Å²) >= 11 is 0. The third kappa shape index (κ3) is 3.86. The predicted molar refractivity (Wildman–Crippen MR) is 76.4 cm³/mol. The maximum absolute atomic E-state index is 11.4. The van der Waals surface area contributed by atoms with E-state index in [9.17, 15) is 8.42 Å². The summed E-state index contributed by atoms with van der Waals surface area (Å²) in [5.74, 6) is 1.69. The lowest BCUT2D eigenvalue weighted by atomic mass is 9.98. The Morgan fingerprint density at radius 2 is 2.11 bits per heavy atom. The highest BCUT2D eigenvalue weighted by molar-refractivity contribution is 8.13. The minimum Gasteiger partial charge on any atom is -0.493 e. The molecule has 1 aliphatic carbocycles. The molecule has 0 amide bonds. The topological polar surface area (TPSA) is 43.4 Å². The third-order valence-corrected chi connectivity index (χ3v) is 4.93. The summed E-state index contributed by atoms with van der Waals surface area (Å²) in [5, 5.41) is 0. The lowest BCUT2D eigenvalue weighted by molar-refractivity contribution is 0.295. The van der Waals surface area contributed by atoms with Crippen LogP contribution in [0.3, 0.4) is 0 Å². The normalized spacial score (nSPS) is 17.2. The van der Waals surface area contributed by atoms with Crippen LogP contribution >= 0.6 is 10.7 Å². The van der Waals surface area contributed by atoms with Crippen LogP contribution in [0.5, 0.6) is 5.75 Å². The molecule has 1 aromatic carbocycles. The highest BCUT2D eigenvalue weighted by Gasteiger charge is 2.23. The van der Waals surface area contributed by atoms with E-state index < -0.39 is 9.05 Å². The fourth-order valence-corrected chi connectivity index (χ4v) is 2.69. The van der Waals surface area contributed by atoms with E-state index in [0.29, 0.717) is 5.92 Å². The third-order valence-electron chi connectivity index (χ3n) is 3.58. The molecule has 1 atom stereocenters. The molecule has 1 saturated carbocycles. The Morgan fingerprint density at radius 1 is 1.42 bits per heavy atom. The molecule has 0 spiro atoms. The number of rotatable bonds is 6. The summed E-state index contributed by atoms with van der Waals surface area (Å²) in [7, 11) is 1.71. The van der Waals surface area contributed by atoms with Crippen molar-refractivity contribution in [3.63, 3.8) is 0 Å². The highest BCUT2D eigenvalue weighted by atomic mass is 35.7. The highest BCUT2D eigenvalue weighted by Crippen LogP contribution is 2.34. The van der Waals surface area contributed by atoms with Crippen molar-refractivity contribution in [2.24, 2.45) is 5.92 Å². The van der Waals surface area contributed by atoms with Gasteiger partial charge in [0.15, 0.2) is 0 Å². The van der Waals surface area contributed by atoms with Crippen molar-refractivity contribution in [2.45, 2.75) is 43.9 Å². The second-order valence-electron chi connectivity index (χ2n) is 5.20. The van der Waals surface area contributed by atoms with Gasteiger partial charge in [-0.05, 0) is 54.9 Å². The zero-order valence-electron chi connectivity index (χ0n) is 11.2. The summed E-state index contributed by atoms with van der Waals surface area (Å²) < 4.78 is 28.6. The molecule has 1 unspecified atom stereocenters. The van der Waals surface area contributed by atoms with E-state index in [0.717, 1.165) is 24.3 Å². The van der Waals surface area contributed by atoms with Crippen molar-refractivity contribution < 1.29 is 13.2 Å². The van der Waals surface area contributed by atoms with Crippen LogP contribution in [-0.2, 0) is 9.05 Å². The van der Waals surface area contributed by atoms with E-state index in [1.165, 1.54) is 18.9 Å². The Balaban J connectivity index is 2.30. The number of halogens is 1. The SMILES string of the molecule is CCC(C)c1cc(S(=O)(=O)Cl)ccc1OCC1CC1. The summed E-state index contributed by atoms with van der Waals surface area (Å²) in [4.78, 5) is 0.142. The molecule has 1 aromatic rings. The summed E-state index contributed by atoms with van der Waals surface area (Å²) in [6.07, 6.45) is 3.38. The van der Waals surface area contributed by atoms with Gasteiger partial charge in [-0.15, -0.1) is 0 Å². The van der Waals surface area contributed by atoms with Crippen LogP contribution in [-0.4, -0.2) is 15.0 Å². The first kappa shape index (κ1) is 14.7. The lowest BCUT2D eigenvalue weighted by Crippen LogP contribution is -2.05. The van der Waals surface area contributed by atoms with Gasteiger partial charge in [-0.1, -0.05) is 13.8 Å². The van der Waals surface area contributed by atoms with Crippen LogP contribution in [0, 0.1) is 5.92 Å². The Labute approximate surface area is 119 Å². The molecule has 19 heavy (non-hydrogen) atoms. The number of hydrogen-bond donors (Lipinski definition) is 0. The molecule has 106 valence electrons.